The van der Waals surface area contributed by atoms with Crippen LogP contribution in [0.3, 0.4) is 0 Å². The van der Waals surface area contributed by atoms with Gasteiger partial charge in [-0.15, -0.1) is 0 Å². The molecule has 0 amide bonds. The summed E-state index contributed by atoms with van der Waals surface area (Å²) in [5.74, 6) is 0.440. The van der Waals surface area contributed by atoms with E-state index in [1.54, 1.807) is 18.2 Å². The summed E-state index contributed by atoms with van der Waals surface area (Å²) in [7, 11) is -6.90. The highest BCUT2D eigenvalue weighted by Gasteiger charge is 2.32. The molecule has 1 heterocycles. The molecule has 1 aromatic carbocycles. The van der Waals surface area contributed by atoms with Crippen molar-refractivity contribution < 1.29 is 16.8 Å². The minimum atomic E-state index is -3.58. The fourth-order valence-electron chi connectivity index (χ4n) is 2.73. The van der Waals surface area contributed by atoms with E-state index in [0.717, 1.165) is 11.1 Å². The fraction of sp³-hybridized carbons (Fsp3) is 0.647. The lowest BCUT2D eigenvalue weighted by Gasteiger charge is -2.33. The van der Waals surface area contributed by atoms with Crippen molar-refractivity contribution in [3.05, 3.63) is 29.3 Å². The highest BCUT2D eigenvalue weighted by Crippen LogP contribution is 2.21. The minimum Gasteiger partial charge on any atom is -0.212 e. The third-order valence-electron chi connectivity index (χ3n) is 4.66. The SMILES string of the molecule is Cc1ccc(S(=O)(=O)N2CCN(S(=O)(=O)CCC(C)C)CC2)cc1C. The zero-order valence-corrected chi connectivity index (χ0v) is 17.0. The van der Waals surface area contributed by atoms with Crippen LogP contribution in [0, 0.1) is 19.8 Å². The lowest BCUT2D eigenvalue weighted by atomic mass is 10.1. The summed E-state index contributed by atoms with van der Waals surface area (Å²) in [6.45, 7) is 8.61. The van der Waals surface area contributed by atoms with Gasteiger partial charge in [0.25, 0.3) is 0 Å². The average Bonchev–Trinajstić information content (AvgIpc) is 2.55. The second-order valence-electron chi connectivity index (χ2n) is 7.05. The van der Waals surface area contributed by atoms with Crippen LogP contribution in [0.5, 0.6) is 0 Å². The Morgan fingerprint density at radius 2 is 1.48 bits per heavy atom. The van der Waals surface area contributed by atoms with Crippen molar-refractivity contribution in [1.82, 2.24) is 8.61 Å². The second kappa shape index (κ2) is 7.73. The molecule has 0 bridgehead atoms. The van der Waals surface area contributed by atoms with Crippen LogP contribution in [0.15, 0.2) is 23.1 Å². The zero-order chi connectivity index (χ0) is 18.8. The monoisotopic (exact) mass is 388 g/mol. The van der Waals surface area contributed by atoms with E-state index < -0.39 is 20.0 Å². The normalized spacial score (nSPS) is 18.0. The number of nitrogens with zero attached hydrogens (tertiary/aromatic N) is 2. The van der Waals surface area contributed by atoms with Gasteiger partial charge in [0.2, 0.25) is 20.0 Å². The number of sulfonamides is 2. The molecule has 142 valence electrons. The highest BCUT2D eigenvalue weighted by molar-refractivity contribution is 7.89. The zero-order valence-electron chi connectivity index (χ0n) is 15.4. The van der Waals surface area contributed by atoms with E-state index in [0.29, 0.717) is 12.3 Å². The Balaban J connectivity index is 2.07. The van der Waals surface area contributed by atoms with E-state index in [1.165, 1.54) is 8.61 Å². The van der Waals surface area contributed by atoms with Gasteiger partial charge in [-0.1, -0.05) is 19.9 Å². The average molecular weight is 389 g/mol. The van der Waals surface area contributed by atoms with Crippen LogP contribution < -0.4 is 0 Å². The summed E-state index contributed by atoms with van der Waals surface area (Å²) in [4.78, 5) is 0.270. The number of piperazine rings is 1. The molecular formula is C17H28N2O4S2. The number of hydrogen-bond donors (Lipinski definition) is 0. The van der Waals surface area contributed by atoms with Gasteiger partial charge in [0, 0.05) is 26.2 Å². The van der Waals surface area contributed by atoms with E-state index in [2.05, 4.69) is 0 Å². The summed E-state index contributed by atoms with van der Waals surface area (Å²) in [6, 6.07) is 5.09. The van der Waals surface area contributed by atoms with Crippen LogP contribution in [-0.2, 0) is 20.0 Å². The largest absolute Gasteiger partial charge is 0.243 e. The smallest absolute Gasteiger partial charge is 0.212 e. The first-order chi connectivity index (χ1) is 11.5. The molecular weight excluding hydrogens is 360 g/mol. The van der Waals surface area contributed by atoms with Gasteiger partial charge in [0.15, 0.2) is 0 Å². The topological polar surface area (TPSA) is 74.8 Å². The summed E-state index contributed by atoms with van der Waals surface area (Å²) in [6.07, 6.45) is 0.615. The fourth-order valence-corrected chi connectivity index (χ4v) is 5.98. The molecule has 0 aliphatic carbocycles. The lowest BCUT2D eigenvalue weighted by molar-refractivity contribution is 0.272. The molecule has 6 nitrogen and oxygen atoms in total. The molecule has 1 fully saturated rings. The van der Waals surface area contributed by atoms with Crippen LogP contribution >= 0.6 is 0 Å². The van der Waals surface area contributed by atoms with Crippen LogP contribution in [0.1, 0.15) is 31.4 Å². The second-order valence-corrected chi connectivity index (χ2v) is 11.1. The first-order valence-corrected chi connectivity index (χ1v) is 11.6. The molecule has 0 N–H and O–H groups in total. The van der Waals surface area contributed by atoms with E-state index in [9.17, 15) is 16.8 Å². The quantitative estimate of drug-likeness (QED) is 0.747. The highest BCUT2D eigenvalue weighted by atomic mass is 32.2. The maximum Gasteiger partial charge on any atom is 0.243 e. The molecule has 0 atom stereocenters. The van der Waals surface area contributed by atoms with E-state index >= 15 is 0 Å². The van der Waals surface area contributed by atoms with Crippen LogP contribution in [0.2, 0.25) is 0 Å². The Bertz CT molecular complexity index is 809. The Kier molecular flexibility index (Phi) is 6.30. The van der Waals surface area contributed by atoms with Crippen molar-refractivity contribution in [1.29, 1.82) is 0 Å². The van der Waals surface area contributed by atoms with Gasteiger partial charge in [0.1, 0.15) is 0 Å². The van der Waals surface area contributed by atoms with Crippen molar-refractivity contribution in [3.8, 4) is 0 Å². The molecule has 2 rings (SSSR count). The maximum absolute atomic E-state index is 12.8. The van der Waals surface area contributed by atoms with Crippen molar-refractivity contribution in [2.45, 2.75) is 39.0 Å². The summed E-state index contributed by atoms with van der Waals surface area (Å²) < 4.78 is 53.1. The molecule has 1 aliphatic heterocycles. The van der Waals surface area contributed by atoms with E-state index in [1.807, 2.05) is 27.7 Å². The first kappa shape index (κ1) is 20.4. The van der Waals surface area contributed by atoms with Gasteiger partial charge < -0.3 is 0 Å². The molecule has 0 aromatic heterocycles. The molecule has 1 aromatic rings. The molecule has 1 saturated heterocycles. The Morgan fingerprint density at radius 1 is 0.920 bits per heavy atom. The molecule has 0 saturated carbocycles. The number of hydrogen-bond acceptors (Lipinski definition) is 4. The van der Waals surface area contributed by atoms with Crippen LogP contribution in [0.4, 0.5) is 0 Å². The maximum atomic E-state index is 12.8. The standard InChI is InChI=1S/C17H28N2O4S2/c1-14(2)7-12-24(20,21)18-8-10-19(11-9-18)25(22,23)17-6-5-15(3)16(4)13-17/h5-6,13-14H,7-12H2,1-4H3. The van der Waals surface area contributed by atoms with Crippen LogP contribution in [-0.4, -0.2) is 57.4 Å². The third-order valence-corrected chi connectivity index (χ3v) is 8.46. The Labute approximate surface area is 151 Å². The summed E-state index contributed by atoms with van der Waals surface area (Å²) in [5.41, 5.74) is 1.97. The van der Waals surface area contributed by atoms with Crippen molar-refractivity contribution in [2.75, 3.05) is 31.9 Å². The summed E-state index contributed by atoms with van der Waals surface area (Å²) in [5, 5.41) is 0. The van der Waals surface area contributed by atoms with E-state index in [-0.39, 0.29) is 36.8 Å². The number of rotatable bonds is 6. The number of aryl methyl sites for hydroxylation is 2. The van der Waals surface area contributed by atoms with Crippen molar-refractivity contribution in [3.63, 3.8) is 0 Å². The van der Waals surface area contributed by atoms with Gasteiger partial charge >= 0.3 is 0 Å². The van der Waals surface area contributed by atoms with Gasteiger partial charge in [-0.3, -0.25) is 0 Å². The van der Waals surface area contributed by atoms with Gasteiger partial charge in [0.05, 0.1) is 10.6 Å². The predicted molar refractivity (Wildman–Crippen MR) is 99.5 cm³/mol. The summed E-state index contributed by atoms with van der Waals surface area (Å²) >= 11 is 0. The molecule has 0 spiro atoms. The number of benzene rings is 1. The molecule has 25 heavy (non-hydrogen) atoms. The predicted octanol–water partition coefficient (Wildman–Crippen LogP) is 1.99. The minimum absolute atomic E-state index is 0.120. The molecule has 0 unspecified atom stereocenters. The van der Waals surface area contributed by atoms with Gasteiger partial charge in [-0.05, 0) is 49.4 Å². The van der Waals surface area contributed by atoms with Gasteiger partial charge in [-0.25, -0.2) is 16.8 Å². The molecule has 8 heteroatoms. The third kappa shape index (κ3) is 4.81. The molecule has 1 aliphatic rings. The first-order valence-electron chi connectivity index (χ1n) is 8.59. The van der Waals surface area contributed by atoms with Gasteiger partial charge in [-0.2, -0.15) is 8.61 Å². The lowest BCUT2D eigenvalue weighted by Crippen LogP contribution is -2.51. The van der Waals surface area contributed by atoms with Crippen molar-refractivity contribution >= 4 is 20.0 Å². The van der Waals surface area contributed by atoms with E-state index in [4.69, 9.17) is 0 Å². The van der Waals surface area contributed by atoms with Crippen LogP contribution in [0.25, 0.3) is 0 Å². The van der Waals surface area contributed by atoms with Crippen molar-refractivity contribution in [2.24, 2.45) is 5.92 Å². The molecule has 0 radical (unpaired) electrons. The Hall–Kier alpha value is -0.960. The Morgan fingerprint density at radius 3 is 2.00 bits per heavy atom.